The van der Waals surface area contributed by atoms with Crippen LogP contribution in [0, 0.1) is 5.82 Å². The van der Waals surface area contributed by atoms with Crippen LogP contribution in [-0.2, 0) is 0 Å². The van der Waals surface area contributed by atoms with E-state index in [9.17, 15) is 4.39 Å². The first kappa shape index (κ1) is 12.9. The molecular weight excluding hydrogens is 311 g/mol. The van der Waals surface area contributed by atoms with Crippen LogP contribution in [-0.4, -0.2) is 29.4 Å². The van der Waals surface area contributed by atoms with Crippen LogP contribution in [0.4, 0.5) is 4.39 Å². The van der Waals surface area contributed by atoms with Gasteiger partial charge in [-0.2, -0.15) is 5.10 Å². The van der Waals surface area contributed by atoms with Crippen molar-refractivity contribution in [1.29, 1.82) is 0 Å². The molecule has 0 fully saturated rings. The number of aromatic nitrogens is 6. The van der Waals surface area contributed by atoms with E-state index in [0.29, 0.717) is 28.6 Å². The Hall–Kier alpha value is -3.55. The van der Waals surface area contributed by atoms with Crippen LogP contribution in [0.25, 0.3) is 34.0 Å². The van der Waals surface area contributed by atoms with Crippen LogP contribution in [0.3, 0.4) is 0 Å². The molecule has 4 heterocycles. The highest BCUT2D eigenvalue weighted by atomic mass is 19.1. The molecule has 0 saturated heterocycles. The average molecular weight is 320 g/mol. The normalized spacial score (nSPS) is 11.5. The molecule has 0 saturated carbocycles. The van der Waals surface area contributed by atoms with Gasteiger partial charge < -0.3 is 4.42 Å². The summed E-state index contributed by atoms with van der Waals surface area (Å²) in [6.07, 6.45) is 4.81. The summed E-state index contributed by atoms with van der Waals surface area (Å²) in [7, 11) is 0. The second-order valence-electron chi connectivity index (χ2n) is 5.20. The van der Waals surface area contributed by atoms with Crippen molar-refractivity contribution in [3.05, 3.63) is 61.0 Å². The number of furan rings is 1. The zero-order chi connectivity index (χ0) is 16.1. The van der Waals surface area contributed by atoms with Crippen molar-refractivity contribution in [3.8, 4) is 17.3 Å². The molecule has 24 heavy (non-hydrogen) atoms. The third-order valence-electron chi connectivity index (χ3n) is 3.72. The van der Waals surface area contributed by atoms with Crippen LogP contribution < -0.4 is 0 Å². The fourth-order valence-electron chi connectivity index (χ4n) is 2.60. The summed E-state index contributed by atoms with van der Waals surface area (Å²) in [5, 5.41) is 9.45. The Labute approximate surface area is 134 Å². The van der Waals surface area contributed by atoms with Crippen molar-refractivity contribution in [2.24, 2.45) is 0 Å². The van der Waals surface area contributed by atoms with Gasteiger partial charge in [-0.15, -0.1) is 5.10 Å². The molecule has 0 aliphatic rings. The van der Waals surface area contributed by atoms with E-state index in [1.165, 1.54) is 12.1 Å². The second-order valence-corrected chi connectivity index (χ2v) is 5.20. The van der Waals surface area contributed by atoms with E-state index < -0.39 is 0 Å². The molecule has 0 aliphatic carbocycles. The molecule has 7 nitrogen and oxygen atoms in total. The number of nitrogens with zero attached hydrogens (tertiary/aromatic N) is 6. The average Bonchev–Trinajstić information content (AvgIpc) is 3.33. The van der Waals surface area contributed by atoms with Crippen molar-refractivity contribution in [2.45, 2.75) is 0 Å². The third kappa shape index (κ3) is 1.83. The maximum atomic E-state index is 13.1. The highest BCUT2D eigenvalue weighted by Crippen LogP contribution is 2.22. The molecule has 0 spiro atoms. The first-order valence-electron chi connectivity index (χ1n) is 7.18. The number of fused-ring (bicyclic) bond motifs is 3. The van der Waals surface area contributed by atoms with Crippen molar-refractivity contribution < 1.29 is 8.81 Å². The predicted octanol–water partition coefficient (Wildman–Crippen LogP) is 2.86. The lowest BCUT2D eigenvalue weighted by molar-refractivity contribution is 0.577. The van der Waals surface area contributed by atoms with Crippen LogP contribution in [0.2, 0.25) is 0 Å². The van der Waals surface area contributed by atoms with Gasteiger partial charge in [-0.1, -0.05) is 0 Å². The quantitative estimate of drug-likeness (QED) is 0.500. The van der Waals surface area contributed by atoms with Gasteiger partial charge in [-0.05, 0) is 36.4 Å². The van der Waals surface area contributed by atoms with Gasteiger partial charge in [0.1, 0.15) is 12.1 Å². The molecule has 0 bridgehead atoms. The Morgan fingerprint density at radius 3 is 2.71 bits per heavy atom. The molecule has 0 N–H and O–H groups in total. The molecule has 1 aromatic carbocycles. The summed E-state index contributed by atoms with van der Waals surface area (Å²) in [5.74, 6) is 0.757. The summed E-state index contributed by atoms with van der Waals surface area (Å²) in [6.45, 7) is 0. The third-order valence-corrected chi connectivity index (χ3v) is 3.72. The van der Waals surface area contributed by atoms with Crippen LogP contribution in [0.1, 0.15) is 0 Å². The van der Waals surface area contributed by atoms with Gasteiger partial charge in [-0.25, -0.2) is 23.6 Å². The zero-order valence-corrected chi connectivity index (χ0v) is 12.2. The van der Waals surface area contributed by atoms with Crippen LogP contribution in [0.15, 0.2) is 59.6 Å². The van der Waals surface area contributed by atoms with E-state index >= 15 is 0 Å². The Balaban J connectivity index is 1.73. The van der Waals surface area contributed by atoms with Crippen LogP contribution >= 0.6 is 0 Å². The standard InChI is InChI=1S/C16H9FN6O/c17-10-3-5-11(6-4-10)23-15-12(8-19-23)16-20-14(13-2-1-7-24-13)21-22(16)9-18-15/h1-9H. The van der Waals surface area contributed by atoms with Gasteiger partial charge in [0.15, 0.2) is 17.1 Å². The molecule has 5 aromatic rings. The van der Waals surface area contributed by atoms with Gasteiger partial charge in [0.25, 0.3) is 0 Å². The number of hydrogen-bond acceptors (Lipinski definition) is 5. The molecule has 5 rings (SSSR count). The fourth-order valence-corrected chi connectivity index (χ4v) is 2.60. The van der Waals surface area contributed by atoms with Gasteiger partial charge in [0.05, 0.1) is 23.5 Å². The van der Waals surface area contributed by atoms with Crippen molar-refractivity contribution in [3.63, 3.8) is 0 Å². The molecule has 0 aliphatic heterocycles. The Morgan fingerprint density at radius 1 is 1.04 bits per heavy atom. The van der Waals surface area contributed by atoms with Crippen molar-refractivity contribution >= 4 is 16.7 Å². The minimum Gasteiger partial charge on any atom is -0.461 e. The maximum absolute atomic E-state index is 13.1. The summed E-state index contributed by atoms with van der Waals surface area (Å²) >= 11 is 0. The van der Waals surface area contributed by atoms with Gasteiger partial charge in [0, 0.05) is 0 Å². The Bertz CT molecular complexity index is 1160. The highest BCUT2D eigenvalue weighted by molar-refractivity contribution is 5.89. The number of rotatable bonds is 2. The molecule has 0 amide bonds. The smallest absolute Gasteiger partial charge is 0.217 e. The topological polar surface area (TPSA) is 74.0 Å². The van der Waals surface area contributed by atoms with Crippen LogP contribution in [0.5, 0.6) is 0 Å². The monoisotopic (exact) mass is 320 g/mol. The number of halogens is 1. The van der Waals surface area contributed by atoms with E-state index in [1.807, 2.05) is 0 Å². The first-order chi connectivity index (χ1) is 11.8. The summed E-state index contributed by atoms with van der Waals surface area (Å²) in [5.41, 5.74) is 1.96. The van der Waals surface area contributed by atoms with E-state index in [-0.39, 0.29) is 5.82 Å². The lowest BCUT2D eigenvalue weighted by atomic mass is 10.3. The zero-order valence-electron chi connectivity index (χ0n) is 12.2. The van der Waals surface area contributed by atoms with E-state index in [2.05, 4.69) is 20.2 Å². The molecule has 0 atom stereocenters. The summed E-state index contributed by atoms with van der Waals surface area (Å²) in [4.78, 5) is 8.91. The fraction of sp³-hybridized carbons (Fsp3) is 0. The Morgan fingerprint density at radius 2 is 1.92 bits per heavy atom. The summed E-state index contributed by atoms with van der Waals surface area (Å²) < 4.78 is 21.7. The molecule has 0 radical (unpaired) electrons. The van der Waals surface area contributed by atoms with Crippen molar-refractivity contribution in [2.75, 3.05) is 0 Å². The minimum atomic E-state index is -0.300. The molecule has 116 valence electrons. The molecule has 0 unspecified atom stereocenters. The van der Waals surface area contributed by atoms with Gasteiger partial charge >= 0.3 is 0 Å². The Kier molecular flexibility index (Phi) is 2.55. The lowest BCUT2D eigenvalue weighted by Gasteiger charge is -2.02. The highest BCUT2D eigenvalue weighted by Gasteiger charge is 2.15. The van der Waals surface area contributed by atoms with E-state index in [4.69, 9.17) is 4.42 Å². The molecule has 4 aromatic heterocycles. The number of hydrogen-bond donors (Lipinski definition) is 0. The first-order valence-corrected chi connectivity index (χ1v) is 7.18. The second kappa shape index (κ2) is 4.72. The SMILES string of the molecule is Fc1ccc(-n2ncc3c2ncn2nc(-c4ccco4)nc32)cc1. The maximum Gasteiger partial charge on any atom is 0.217 e. The van der Waals surface area contributed by atoms with E-state index in [0.717, 1.165) is 5.39 Å². The largest absolute Gasteiger partial charge is 0.461 e. The van der Waals surface area contributed by atoms with Gasteiger partial charge in [0.2, 0.25) is 5.82 Å². The predicted molar refractivity (Wildman–Crippen MR) is 83.1 cm³/mol. The lowest BCUT2D eigenvalue weighted by Crippen LogP contribution is -1.99. The molecule has 8 heteroatoms. The summed E-state index contributed by atoms with van der Waals surface area (Å²) in [6, 6.07) is 9.63. The van der Waals surface area contributed by atoms with Crippen molar-refractivity contribution in [1.82, 2.24) is 29.4 Å². The molecular formula is C16H9FN6O. The van der Waals surface area contributed by atoms with E-state index in [1.54, 1.807) is 52.2 Å². The minimum absolute atomic E-state index is 0.300. The number of benzene rings is 1. The van der Waals surface area contributed by atoms with Gasteiger partial charge in [-0.3, -0.25) is 0 Å².